The van der Waals surface area contributed by atoms with E-state index >= 15 is 0 Å². The minimum absolute atomic E-state index is 0.762. The van der Waals surface area contributed by atoms with Gasteiger partial charge in [0.1, 0.15) is 0 Å². The molecule has 0 unspecified atom stereocenters. The Hall–Kier alpha value is -1.70. The van der Waals surface area contributed by atoms with Crippen LogP contribution in [-0.2, 0) is 4.70 Å². The van der Waals surface area contributed by atoms with Gasteiger partial charge in [0.05, 0.1) is 0 Å². The van der Waals surface area contributed by atoms with Crippen LogP contribution in [0.4, 0.5) is 0 Å². The summed E-state index contributed by atoms with van der Waals surface area (Å²) in [5.74, 6) is 0. The maximum atomic E-state index is 10.9. The molecule has 0 fully saturated rings. The van der Waals surface area contributed by atoms with Gasteiger partial charge in [-0.3, -0.25) is 0 Å². The van der Waals surface area contributed by atoms with E-state index in [1.54, 1.807) is 0 Å². The second-order valence-corrected chi connectivity index (χ2v) is 4.06. The summed E-state index contributed by atoms with van der Waals surface area (Å²) < 4.78 is 10.9. The Morgan fingerprint density at radius 3 is 2.12 bits per heavy atom. The standard InChI is InChI=1S/C14H13BO/c1-10-3-6-12(7-4-10)13-8-5-11(2)14(9-13)15-16/h3-9H,1-2H3. The number of hydrogen-bond acceptors (Lipinski definition) is 1. The van der Waals surface area contributed by atoms with E-state index in [0.29, 0.717) is 0 Å². The van der Waals surface area contributed by atoms with Crippen LogP contribution in [0.1, 0.15) is 11.1 Å². The van der Waals surface area contributed by atoms with E-state index in [4.69, 9.17) is 0 Å². The molecule has 16 heavy (non-hydrogen) atoms. The molecule has 0 saturated carbocycles. The van der Waals surface area contributed by atoms with Crippen LogP contribution in [0.3, 0.4) is 0 Å². The zero-order valence-corrected chi connectivity index (χ0v) is 9.53. The molecule has 0 bridgehead atoms. The van der Waals surface area contributed by atoms with Crippen LogP contribution < -0.4 is 5.46 Å². The average molecular weight is 208 g/mol. The predicted molar refractivity (Wildman–Crippen MR) is 67.4 cm³/mol. The van der Waals surface area contributed by atoms with E-state index in [-0.39, 0.29) is 0 Å². The Morgan fingerprint density at radius 2 is 1.50 bits per heavy atom. The molecule has 0 heterocycles. The molecule has 1 nitrogen and oxygen atoms in total. The van der Waals surface area contributed by atoms with Crippen LogP contribution in [0, 0.1) is 13.8 Å². The second kappa shape index (κ2) is 4.44. The quantitative estimate of drug-likeness (QED) is 0.693. The molecule has 78 valence electrons. The molecule has 0 N–H and O–H groups in total. The fourth-order valence-electron chi connectivity index (χ4n) is 1.69. The van der Waals surface area contributed by atoms with Crippen molar-refractivity contribution in [3.8, 4) is 11.1 Å². The Bertz CT molecular complexity index is 515. The van der Waals surface area contributed by atoms with Gasteiger partial charge < -0.3 is 0 Å². The second-order valence-electron chi connectivity index (χ2n) is 4.06. The van der Waals surface area contributed by atoms with Gasteiger partial charge >= 0.3 is 95.9 Å². The van der Waals surface area contributed by atoms with Gasteiger partial charge in [-0.1, -0.05) is 0 Å². The first-order valence-electron chi connectivity index (χ1n) is 5.33. The Balaban J connectivity index is 2.48. The van der Waals surface area contributed by atoms with Gasteiger partial charge in [0.25, 0.3) is 0 Å². The minimum atomic E-state index is 0.762. The van der Waals surface area contributed by atoms with Crippen molar-refractivity contribution in [1.29, 1.82) is 0 Å². The Morgan fingerprint density at radius 1 is 0.875 bits per heavy atom. The Kier molecular flexibility index (Phi) is 3.00. The van der Waals surface area contributed by atoms with Gasteiger partial charge in [-0.25, -0.2) is 0 Å². The van der Waals surface area contributed by atoms with Crippen LogP contribution in [0.5, 0.6) is 0 Å². The summed E-state index contributed by atoms with van der Waals surface area (Å²) in [5, 5.41) is 0. The normalized spacial score (nSPS) is 9.88. The molecular weight excluding hydrogens is 195 g/mol. The summed E-state index contributed by atoms with van der Waals surface area (Å²) in [5.41, 5.74) is 5.26. The van der Waals surface area contributed by atoms with Crippen LogP contribution in [0.2, 0.25) is 0 Å². The van der Waals surface area contributed by atoms with E-state index in [0.717, 1.165) is 29.3 Å². The molecule has 0 amide bonds. The Labute approximate surface area is 96.4 Å². The van der Waals surface area contributed by atoms with Gasteiger partial charge in [-0.05, 0) is 0 Å². The van der Waals surface area contributed by atoms with Crippen molar-refractivity contribution in [2.24, 2.45) is 0 Å². The first-order valence-corrected chi connectivity index (χ1v) is 5.33. The molecule has 2 aromatic rings. The summed E-state index contributed by atoms with van der Waals surface area (Å²) in [4.78, 5) is 0. The molecule has 0 aliphatic rings. The zero-order chi connectivity index (χ0) is 11.5. The van der Waals surface area contributed by atoms with Crippen molar-refractivity contribution in [3.05, 3.63) is 53.6 Å². The molecule has 0 atom stereocenters. The third kappa shape index (κ3) is 2.11. The summed E-state index contributed by atoms with van der Waals surface area (Å²) in [7, 11) is 0.910. The maximum absolute atomic E-state index is 10.9. The van der Waals surface area contributed by atoms with E-state index < -0.39 is 0 Å². The van der Waals surface area contributed by atoms with E-state index in [1.165, 1.54) is 5.56 Å². The SMILES string of the molecule is Cc1ccc(-c2ccc(C)c(B=O)c2)cc1. The first kappa shape index (κ1) is 10.8. The fraction of sp³-hybridized carbons (Fsp3) is 0.143. The van der Waals surface area contributed by atoms with E-state index in [2.05, 4.69) is 31.2 Å². The van der Waals surface area contributed by atoms with Gasteiger partial charge in [0.2, 0.25) is 0 Å². The van der Waals surface area contributed by atoms with Crippen molar-refractivity contribution in [2.75, 3.05) is 0 Å². The van der Waals surface area contributed by atoms with Gasteiger partial charge in [-0.15, -0.1) is 0 Å². The summed E-state index contributed by atoms with van der Waals surface area (Å²) in [6.07, 6.45) is 0. The van der Waals surface area contributed by atoms with Gasteiger partial charge in [0.15, 0.2) is 0 Å². The first-order chi connectivity index (χ1) is 7.70. The van der Waals surface area contributed by atoms with Crippen molar-refractivity contribution in [3.63, 3.8) is 0 Å². The third-order valence-electron chi connectivity index (χ3n) is 2.79. The van der Waals surface area contributed by atoms with Crippen molar-refractivity contribution < 1.29 is 4.70 Å². The van der Waals surface area contributed by atoms with Gasteiger partial charge in [-0.2, -0.15) is 0 Å². The van der Waals surface area contributed by atoms with Crippen molar-refractivity contribution in [1.82, 2.24) is 0 Å². The molecule has 0 radical (unpaired) electrons. The predicted octanol–water partition coefficient (Wildman–Crippen LogP) is 2.65. The van der Waals surface area contributed by atoms with Crippen LogP contribution in [0.15, 0.2) is 42.5 Å². The zero-order valence-electron chi connectivity index (χ0n) is 9.53. The van der Waals surface area contributed by atoms with Crippen molar-refractivity contribution >= 4 is 12.6 Å². The molecule has 0 aromatic heterocycles. The van der Waals surface area contributed by atoms with Crippen LogP contribution in [-0.4, -0.2) is 7.15 Å². The molecule has 0 aliphatic heterocycles. The summed E-state index contributed by atoms with van der Waals surface area (Å²) >= 11 is 0. The number of aryl methyl sites for hydroxylation is 2. The number of hydrogen-bond donors (Lipinski definition) is 0. The summed E-state index contributed by atoms with van der Waals surface area (Å²) in [6.45, 7) is 4.01. The molecular formula is C14H13BO. The van der Waals surface area contributed by atoms with E-state index in [1.807, 2.05) is 25.1 Å². The summed E-state index contributed by atoms with van der Waals surface area (Å²) in [6, 6.07) is 14.3. The topological polar surface area (TPSA) is 17.1 Å². The molecule has 2 aromatic carbocycles. The molecule has 2 rings (SSSR count). The van der Waals surface area contributed by atoms with Crippen LogP contribution >= 0.6 is 0 Å². The molecule has 0 saturated heterocycles. The van der Waals surface area contributed by atoms with E-state index in [9.17, 15) is 4.70 Å². The fourth-order valence-corrected chi connectivity index (χ4v) is 1.69. The third-order valence-corrected chi connectivity index (χ3v) is 2.79. The average Bonchev–Trinajstić information content (AvgIpc) is 2.31. The van der Waals surface area contributed by atoms with Gasteiger partial charge in [0, 0.05) is 0 Å². The number of rotatable bonds is 2. The molecule has 2 heteroatoms. The van der Waals surface area contributed by atoms with Crippen molar-refractivity contribution in [2.45, 2.75) is 13.8 Å². The monoisotopic (exact) mass is 208 g/mol. The number of benzene rings is 2. The molecule has 0 aliphatic carbocycles. The molecule has 0 spiro atoms. The van der Waals surface area contributed by atoms with Crippen LogP contribution in [0.25, 0.3) is 11.1 Å².